The van der Waals surface area contributed by atoms with Crippen molar-refractivity contribution in [3.05, 3.63) is 76.4 Å². The van der Waals surface area contributed by atoms with Crippen molar-refractivity contribution < 1.29 is 9.18 Å². The fourth-order valence-electron chi connectivity index (χ4n) is 1.42. The topological polar surface area (TPSA) is 17.1 Å². The van der Waals surface area contributed by atoms with E-state index in [4.69, 9.17) is 11.6 Å². The Bertz CT molecular complexity index is 611. The van der Waals surface area contributed by atoms with E-state index in [9.17, 15) is 9.18 Å². The number of carbonyl (C=O) groups excluding carboxylic acids is 1. The van der Waals surface area contributed by atoms with E-state index < -0.39 is 5.82 Å². The SMILES string of the molecule is O=C(/C=C/Sc1ccc(F)c(Cl)c1)c1ccccc1. The van der Waals surface area contributed by atoms with Crippen molar-refractivity contribution >= 4 is 29.1 Å². The smallest absolute Gasteiger partial charge is 0.186 e. The van der Waals surface area contributed by atoms with Gasteiger partial charge in [0.25, 0.3) is 0 Å². The molecule has 0 bridgehead atoms. The van der Waals surface area contributed by atoms with Gasteiger partial charge in [-0.2, -0.15) is 0 Å². The normalized spacial score (nSPS) is 10.8. The molecule has 4 heteroatoms. The van der Waals surface area contributed by atoms with Crippen LogP contribution >= 0.6 is 23.4 Å². The number of carbonyl (C=O) groups is 1. The van der Waals surface area contributed by atoms with Crippen molar-refractivity contribution in [2.24, 2.45) is 0 Å². The molecule has 96 valence electrons. The van der Waals surface area contributed by atoms with Crippen LogP contribution in [0.25, 0.3) is 0 Å². The van der Waals surface area contributed by atoms with Crippen LogP contribution in [0.5, 0.6) is 0 Å². The van der Waals surface area contributed by atoms with E-state index in [0.717, 1.165) is 4.90 Å². The fraction of sp³-hybridized carbons (Fsp3) is 0. The fourth-order valence-corrected chi connectivity index (χ4v) is 2.35. The van der Waals surface area contributed by atoms with Gasteiger partial charge in [-0.3, -0.25) is 4.79 Å². The second kappa shape index (κ2) is 6.55. The largest absolute Gasteiger partial charge is 0.289 e. The summed E-state index contributed by atoms with van der Waals surface area (Å²) in [4.78, 5) is 12.6. The van der Waals surface area contributed by atoms with Gasteiger partial charge in [-0.05, 0) is 29.7 Å². The van der Waals surface area contributed by atoms with E-state index in [2.05, 4.69) is 0 Å². The van der Waals surface area contributed by atoms with E-state index in [1.165, 1.54) is 30.0 Å². The molecule has 2 rings (SSSR count). The first kappa shape index (κ1) is 13.8. The summed E-state index contributed by atoms with van der Waals surface area (Å²) < 4.78 is 13.0. The molecule has 0 atom stereocenters. The van der Waals surface area contributed by atoms with Gasteiger partial charge in [0.05, 0.1) is 5.02 Å². The average Bonchev–Trinajstić information content (AvgIpc) is 2.43. The van der Waals surface area contributed by atoms with Crippen LogP contribution in [0.1, 0.15) is 10.4 Å². The predicted octanol–water partition coefficient (Wildman–Crippen LogP) is 4.97. The Morgan fingerprint density at radius 1 is 1.16 bits per heavy atom. The zero-order chi connectivity index (χ0) is 13.7. The molecular formula is C15H10ClFOS. The molecule has 0 amide bonds. The molecule has 2 aromatic carbocycles. The molecule has 2 aromatic rings. The average molecular weight is 293 g/mol. The minimum atomic E-state index is -0.449. The highest BCUT2D eigenvalue weighted by Gasteiger charge is 2.01. The van der Waals surface area contributed by atoms with E-state index in [-0.39, 0.29) is 10.8 Å². The summed E-state index contributed by atoms with van der Waals surface area (Å²) >= 11 is 6.99. The number of ketones is 1. The van der Waals surface area contributed by atoms with Gasteiger partial charge in [0.2, 0.25) is 0 Å². The van der Waals surface area contributed by atoms with Gasteiger partial charge < -0.3 is 0 Å². The van der Waals surface area contributed by atoms with Crippen LogP contribution in [0.3, 0.4) is 0 Å². The van der Waals surface area contributed by atoms with E-state index in [1.54, 1.807) is 23.6 Å². The molecule has 0 heterocycles. The molecular weight excluding hydrogens is 283 g/mol. The van der Waals surface area contributed by atoms with Crippen molar-refractivity contribution in [3.8, 4) is 0 Å². The summed E-state index contributed by atoms with van der Waals surface area (Å²) in [7, 11) is 0. The molecule has 0 aliphatic heterocycles. The molecule has 0 saturated carbocycles. The number of benzene rings is 2. The molecule has 1 nitrogen and oxygen atoms in total. The zero-order valence-electron chi connectivity index (χ0n) is 9.85. The first-order valence-electron chi connectivity index (χ1n) is 5.54. The van der Waals surface area contributed by atoms with Gasteiger partial charge in [-0.15, -0.1) is 0 Å². The molecule has 0 spiro atoms. The highest BCUT2D eigenvalue weighted by atomic mass is 35.5. The third-order valence-electron chi connectivity index (χ3n) is 2.37. The molecule has 19 heavy (non-hydrogen) atoms. The lowest BCUT2D eigenvalue weighted by atomic mass is 10.1. The first-order chi connectivity index (χ1) is 9.16. The minimum Gasteiger partial charge on any atom is -0.289 e. The van der Waals surface area contributed by atoms with Gasteiger partial charge in [0, 0.05) is 10.5 Å². The van der Waals surface area contributed by atoms with Crippen LogP contribution in [-0.4, -0.2) is 5.78 Å². The van der Waals surface area contributed by atoms with Gasteiger partial charge in [-0.1, -0.05) is 53.7 Å². The Hall–Kier alpha value is -1.58. The van der Waals surface area contributed by atoms with Gasteiger partial charge in [0.15, 0.2) is 5.78 Å². The molecule has 0 aliphatic rings. The van der Waals surface area contributed by atoms with E-state index >= 15 is 0 Å². The van der Waals surface area contributed by atoms with Crippen molar-refractivity contribution in [2.75, 3.05) is 0 Å². The Morgan fingerprint density at radius 3 is 2.58 bits per heavy atom. The van der Waals surface area contributed by atoms with Gasteiger partial charge in [-0.25, -0.2) is 4.39 Å². The van der Waals surface area contributed by atoms with Crippen LogP contribution in [0.2, 0.25) is 5.02 Å². The minimum absolute atomic E-state index is 0.0682. The van der Waals surface area contributed by atoms with Crippen molar-refractivity contribution in [1.82, 2.24) is 0 Å². The van der Waals surface area contributed by atoms with Crippen LogP contribution < -0.4 is 0 Å². The summed E-state index contributed by atoms with van der Waals surface area (Å²) in [5.74, 6) is -0.517. The Balaban J connectivity index is 2.00. The second-order valence-electron chi connectivity index (χ2n) is 3.73. The number of hydrogen-bond donors (Lipinski definition) is 0. The third kappa shape index (κ3) is 3.94. The first-order valence-corrected chi connectivity index (χ1v) is 6.80. The summed E-state index contributed by atoms with van der Waals surface area (Å²) in [6.45, 7) is 0. The second-order valence-corrected chi connectivity index (χ2v) is 5.11. The summed E-state index contributed by atoms with van der Waals surface area (Å²) in [5, 5.41) is 1.74. The lowest BCUT2D eigenvalue weighted by molar-refractivity contribution is 0.104. The Kier molecular flexibility index (Phi) is 4.77. The molecule has 0 fully saturated rings. The highest BCUT2D eigenvalue weighted by Crippen LogP contribution is 2.24. The zero-order valence-corrected chi connectivity index (χ0v) is 11.4. The van der Waals surface area contributed by atoms with Gasteiger partial charge in [0.1, 0.15) is 5.82 Å². The van der Waals surface area contributed by atoms with Crippen LogP contribution in [0.15, 0.2) is 64.9 Å². The summed E-state index contributed by atoms with van der Waals surface area (Å²) in [6.07, 6.45) is 1.48. The number of hydrogen-bond acceptors (Lipinski definition) is 2. The Morgan fingerprint density at radius 2 is 1.89 bits per heavy atom. The Labute approximate surface area is 120 Å². The quantitative estimate of drug-likeness (QED) is 0.450. The maximum absolute atomic E-state index is 13.0. The molecule has 0 aliphatic carbocycles. The van der Waals surface area contributed by atoms with Gasteiger partial charge >= 0.3 is 0 Å². The van der Waals surface area contributed by atoms with E-state index in [1.807, 2.05) is 18.2 Å². The van der Waals surface area contributed by atoms with Crippen LogP contribution in [0, 0.1) is 5.82 Å². The summed E-state index contributed by atoms with van der Waals surface area (Å²) in [5.41, 5.74) is 0.636. The van der Waals surface area contributed by atoms with Crippen molar-refractivity contribution in [1.29, 1.82) is 0 Å². The lowest BCUT2D eigenvalue weighted by Gasteiger charge is -1.98. The lowest BCUT2D eigenvalue weighted by Crippen LogP contribution is -1.92. The maximum atomic E-state index is 13.0. The monoisotopic (exact) mass is 292 g/mol. The molecule has 0 radical (unpaired) electrons. The predicted molar refractivity (Wildman–Crippen MR) is 77.2 cm³/mol. The van der Waals surface area contributed by atoms with Crippen molar-refractivity contribution in [2.45, 2.75) is 4.90 Å². The molecule has 0 N–H and O–H groups in total. The van der Waals surface area contributed by atoms with Crippen molar-refractivity contribution in [3.63, 3.8) is 0 Å². The summed E-state index contributed by atoms with van der Waals surface area (Å²) in [6, 6.07) is 13.4. The third-order valence-corrected chi connectivity index (χ3v) is 3.46. The molecule has 0 unspecified atom stereocenters. The van der Waals surface area contributed by atoms with Crippen LogP contribution in [-0.2, 0) is 0 Å². The standard InChI is InChI=1S/C15H10ClFOS/c16-13-10-12(6-7-14(13)17)19-9-8-15(18)11-4-2-1-3-5-11/h1-10H/b9-8+. The van der Waals surface area contributed by atoms with E-state index in [0.29, 0.717) is 5.56 Å². The number of halogens is 2. The number of thioether (sulfide) groups is 1. The number of rotatable bonds is 4. The van der Waals surface area contributed by atoms with Crippen LogP contribution in [0.4, 0.5) is 4.39 Å². The number of allylic oxidation sites excluding steroid dienone is 1. The highest BCUT2D eigenvalue weighted by molar-refractivity contribution is 8.02. The maximum Gasteiger partial charge on any atom is 0.186 e. The molecule has 0 saturated heterocycles. The molecule has 0 aromatic heterocycles.